The highest BCUT2D eigenvalue weighted by Crippen LogP contribution is 2.15. The van der Waals surface area contributed by atoms with Gasteiger partial charge >= 0.3 is 0 Å². The first-order chi connectivity index (χ1) is 7.59. The molecule has 0 aliphatic carbocycles. The number of aromatic nitrogens is 1. The number of hydrogen-bond donors (Lipinski definition) is 0. The molecule has 1 aromatic carbocycles. The number of fused-ring (bicyclic) bond motifs is 1. The van der Waals surface area contributed by atoms with Gasteiger partial charge in [-0.2, -0.15) is 0 Å². The minimum atomic E-state index is -1.27. The van der Waals surface area contributed by atoms with Crippen molar-refractivity contribution >= 4 is 16.9 Å². The van der Waals surface area contributed by atoms with Gasteiger partial charge in [0, 0.05) is 11.5 Å². The summed E-state index contributed by atoms with van der Waals surface area (Å²) in [5, 5.41) is 11.5. The normalized spacial score (nSPS) is 10.6. The van der Waals surface area contributed by atoms with Gasteiger partial charge in [-0.25, -0.2) is 0 Å². The molecule has 0 atom stereocenters. The van der Waals surface area contributed by atoms with E-state index in [0.717, 1.165) is 10.9 Å². The SMILES string of the molecule is Cc1cc(=O)n(CC(=O)[O-])c2ccccc12. The molecule has 1 heterocycles. The lowest BCUT2D eigenvalue weighted by Gasteiger charge is -2.11. The summed E-state index contributed by atoms with van der Waals surface area (Å²) in [5.74, 6) is -1.27. The van der Waals surface area contributed by atoms with E-state index in [-0.39, 0.29) is 5.56 Å². The Labute approximate surface area is 91.8 Å². The molecule has 1 aromatic heterocycles. The van der Waals surface area contributed by atoms with Crippen LogP contribution in [0.1, 0.15) is 5.56 Å². The molecule has 0 aliphatic rings. The molecule has 0 fully saturated rings. The second-order valence-corrected chi connectivity index (χ2v) is 3.64. The summed E-state index contributed by atoms with van der Waals surface area (Å²) in [5.41, 5.74) is 1.15. The third-order valence-corrected chi connectivity index (χ3v) is 2.51. The number of benzene rings is 1. The molecule has 4 heteroatoms. The molecule has 0 spiro atoms. The van der Waals surface area contributed by atoms with Crippen LogP contribution in [-0.4, -0.2) is 10.5 Å². The van der Waals surface area contributed by atoms with Crippen LogP contribution in [0.4, 0.5) is 0 Å². The molecule has 0 N–H and O–H groups in total. The van der Waals surface area contributed by atoms with Crippen LogP contribution in [0.5, 0.6) is 0 Å². The fourth-order valence-corrected chi connectivity index (χ4v) is 1.79. The van der Waals surface area contributed by atoms with Crippen molar-refractivity contribution in [1.29, 1.82) is 0 Å². The standard InChI is InChI=1S/C12H11NO3/c1-8-6-11(14)13(7-12(15)16)10-5-3-2-4-9(8)10/h2-6H,7H2,1H3,(H,15,16)/p-1. The predicted molar refractivity (Wildman–Crippen MR) is 58.0 cm³/mol. The van der Waals surface area contributed by atoms with Crippen LogP contribution in [0.2, 0.25) is 0 Å². The van der Waals surface area contributed by atoms with Crippen LogP contribution in [0.3, 0.4) is 0 Å². The lowest BCUT2D eigenvalue weighted by Crippen LogP contribution is -2.32. The highest BCUT2D eigenvalue weighted by Gasteiger charge is 2.05. The van der Waals surface area contributed by atoms with E-state index in [9.17, 15) is 14.7 Å². The van der Waals surface area contributed by atoms with Gasteiger partial charge in [0.2, 0.25) is 0 Å². The number of carboxylic acids is 1. The fourth-order valence-electron chi connectivity index (χ4n) is 1.79. The van der Waals surface area contributed by atoms with Crippen molar-refractivity contribution in [3.63, 3.8) is 0 Å². The van der Waals surface area contributed by atoms with Gasteiger partial charge in [-0.1, -0.05) is 18.2 Å². The lowest BCUT2D eigenvalue weighted by atomic mass is 10.1. The molecule has 0 amide bonds. The summed E-state index contributed by atoms with van der Waals surface area (Å²) >= 11 is 0. The number of carboxylic acid groups (broad SMARTS) is 1. The Morgan fingerprint density at radius 3 is 2.75 bits per heavy atom. The van der Waals surface area contributed by atoms with Gasteiger partial charge in [-0.05, 0) is 18.6 Å². The van der Waals surface area contributed by atoms with E-state index in [2.05, 4.69) is 0 Å². The van der Waals surface area contributed by atoms with Crippen LogP contribution in [-0.2, 0) is 11.3 Å². The third kappa shape index (κ3) is 1.69. The van der Waals surface area contributed by atoms with Gasteiger partial charge in [-0.3, -0.25) is 4.79 Å². The zero-order valence-corrected chi connectivity index (χ0v) is 8.77. The van der Waals surface area contributed by atoms with E-state index in [0.29, 0.717) is 5.52 Å². The van der Waals surface area contributed by atoms with E-state index in [4.69, 9.17) is 0 Å². The molecule has 0 unspecified atom stereocenters. The van der Waals surface area contributed by atoms with Gasteiger partial charge in [-0.15, -0.1) is 0 Å². The van der Waals surface area contributed by atoms with Crippen molar-refractivity contribution in [2.45, 2.75) is 13.5 Å². The molecule has 0 saturated carbocycles. The summed E-state index contributed by atoms with van der Waals surface area (Å²) in [6, 6.07) is 8.64. The highest BCUT2D eigenvalue weighted by molar-refractivity contribution is 5.83. The van der Waals surface area contributed by atoms with Crippen molar-refractivity contribution in [2.24, 2.45) is 0 Å². The minimum Gasteiger partial charge on any atom is -0.548 e. The number of rotatable bonds is 2. The van der Waals surface area contributed by atoms with E-state index in [1.807, 2.05) is 19.1 Å². The average Bonchev–Trinajstić information content (AvgIpc) is 2.24. The fraction of sp³-hybridized carbons (Fsp3) is 0.167. The first kappa shape index (κ1) is 10.4. The molecule has 2 rings (SSSR count). The summed E-state index contributed by atoms with van der Waals surface area (Å²) in [6.07, 6.45) is 0. The number of carbonyl (C=O) groups excluding carboxylic acids is 1. The number of aryl methyl sites for hydroxylation is 1. The number of nitrogens with zero attached hydrogens (tertiary/aromatic N) is 1. The maximum atomic E-state index is 11.7. The van der Waals surface area contributed by atoms with Crippen LogP contribution in [0.15, 0.2) is 35.1 Å². The molecule has 0 saturated heterocycles. The van der Waals surface area contributed by atoms with Crippen molar-refractivity contribution in [2.75, 3.05) is 0 Å². The van der Waals surface area contributed by atoms with Gasteiger partial charge in [0.05, 0.1) is 18.0 Å². The van der Waals surface area contributed by atoms with Crippen LogP contribution >= 0.6 is 0 Å². The number of hydrogen-bond acceptors (Lipinski definition) is 3. The monoisotopic (exact) mass is 216 g/mol. The number of aliphatic carboxylic acids is 1. The van der Waals surface area contributed by atoms with E-state index in [1.165, 1.54) is 10.6 Å². The van der Waals surface area contributed by atoms with Gasteiger partial charge in [0.15, 0.2) is 0 Å². The number of carbonyl (C=O) groups is 1. The van der Waals surface area contributed by atoms with Gasteiger partial charge < -0.3 is 14.5 Å². The maximum absolute atomic E-state index is 11.7. The van der Waals surface area contributed by atoms with E-state index < -0.39 is 12.5 Å². The van der Waals surface area contributed by atoms with Crippen molar-refractivity contribution in [3.05, 3.63) is 46.2 Å². The quantitative estimate of drug-likeness (QED) is 0.713. The molecule has 16 heavy (non-hydrogen) atoms. The van der Waals surface area contributed by atoms with E-state index in [1.54, 1.807) is 12.1 Å². The molecule has 4 nitrogen and oxygen atoms in total. The van der Waals surface area contributed by atoms with Crippen LogP contribution in [0, 0.1) is 6.92 Å². The lowest BCUT2D eigenvalue weighted by molar-refractivity contribution is -0.306. The third-order valence-electron chi connectivity index (χ3n) is 2.51. The Bertz CT molecular complexity index is 613. The van der Waals surface area contributed by atoms with Crippen LogP contribution in [0.25, 0.3) is 10.9 Å². The zero-order chi connectivity index (χ0) is 11.7. The second-order valence-electron chi connectivity index (χ2n) is 3.64. The topological polar surface area (TPSA) is 62.1 Å². The molecule has 0 bridgehead atoms. The van der Waals surface area contributed by atoms with E-state index >= 15 is 0 Å². The average molecular weight is 216 g/mol. The van der Waals surface area contributed by atoms with Gasteiger partial charge in [0.1, 0.15) is 0 Å². The second kappa shape index (κ2) is 3.81. The Morgan fingerprint density at radius 2 is 2.06 bits per heavy atom. The molecule has 0 radical (unpaired) electrons. The molecular formula is C12H10NO3-. The molecular weight excluding hydrogens is 206 g/mol. The van der Waals surface area contributed by atoms with Crippen LogP contribution < -0.4 is 10.7 Å². The Hall–Kier alpha value is -2.10. The zero-order valence-electron chi connectivity index (χ0n) is 8.77. The molecule has 0 aliphatic heterocycles. The minimum absolute atomic E-state index is 0.319. The largest absolute Gasteiger partial charge is 0.548 e. The van der Waals surface area contributed by atoms with Gasteiger partial charge in [0.25, 0.3) is 5.56 Å². The van der Waals surface area contributed by atoms with Crippen molar-refractivity contribution < 1.29 is 9.90 Å². The van der Waals surface area contributed by atoms with Crippen molar-refractivity contribution in [3.8, 4) is 0 Å². The number of pyridine rings is 1. The smallest absolute Gasteiger partial charge is 0.251 e. The molecule has 2 aromatic rings. The Morgan fingerprint density at radius 1 is 1.38 bits per heavy atom. The first-order valence-corrected chi connectivity index (χ1v) is 4.88. The summed E-state index contributed by atoms with van der Waals surface area (Å²) < 4.78 is 1.21. The Balaban J connectivity index is 2.81. The summed E-state index contributed by atoms with van der Waals surface area (Å²) in [6.45, 7) is 1.41. The molecule has 82 valence electrons. The maximum Gasteiger partial charge on any atom is 0.251 e. The van der Waals surface area contributed by atoms with Crippen molar-refractivity contribution in [1.82, 2.24) is 4.57 Å². The summed E-state index contributed by atoms with van der Waals surface area (Å²) in [4.78, 5) is 22.2. The summed E-state index contributed by atoms with van der Waals surface area (Å²) in [7, 11) is 0. The Kier molecular flexibility index (Phi) is 2.48. The highest BCUT2D eigenvalue weighted by atomic mass is 16.4. The first-order valence-electron chi connectivity index (χ1n) is 4.88. The predicted octanol–water partition coefficient (Wildman–Crippen LogP) is 0.0598. The number of para-hydroxylation sites is 1.